The summed E-state index contributed by atoms with van der Waals surface area (Å²) in [7, 11) is 2.01. The Hall–Kier alpha value is -2.66. The molecule has 28 heavy (non-hydrogen) atoms. The van der Waals surface area contributed by atoms with Crippen LogP contribution < -0.4 is 4.90 Å². The fourth-order valence-electron chi connectivity index (χ4n) is 4.28. The van der Waals surface area contributed by atoms with E-state index in [1.165, 1.54) is 0 Å². The number of carbonyl (C=O) groups is 2. The van der Waals surface area contributed by atoms with E-state index in [1.54, 1.807) is 4.90 Å². The number of amides is 2. The molecular weight excluding hydrogens is 350 g/mol. The highest BCUT2D eigenvalue weighted by Crippen LogP contribution is 2.31. The van der Waals surface area contributed by atoms with E-state index in [1.807, 2.05) is 54.4 Å². The first kappa shape index (κ1) is 18.7. The number of likely N-dealkylation sites (N-methyl/N-ethyl adjacent to an activating group) is 1. The van der Waals surface area contributed by atoms with Crippen molar-refractivity contribution < 1.29 is 9.59 Å². The summed E-state index contributed by atoms with van der Waals surface area (Å²) < 4.78 is 0. The number of benzene rings is 2. The molecule has 0 unspecified atom stereocenters. The number of hydrogen-bond donors (Lipinski definition) is 0. The largest absolute Gasteiger partial charge is 0.330 e. The number of rotatable bonds is 3. The smallest absolute Gasteiger partial charge is 0.246 e. The average Bonchev–Trinajstić information content (AvgIpc) is 2.74. The molecule has 0 saturated carbocycles. The van der Waals surface area contributed by atoms with Crippen molar-refractivity contribution in [2.75, 3.05) is 38.1 Å². The van der Waals surface area contributed by atoms with Crippen molar-refractivity contribution >= 4 is 17.5 Å². The maximum Gasteiger partial charge on any atom is 0.246 e. The summed E-state index contributed by atoms with van der Waals surface area (Å²) in [6.45, 7) is 2.23. The Morgan fingerprint density at radius 3 is 2.43 bits per heavy atom. The number of piperidine rings is 1. The molecule has 2 aliphatic rings. The fraction of sp³-hybridized carbons (Fsp3) is 0.391. The molecule has 0 aliphatic carbocycles. The van der Waals surface area contributed by atoms with E-state index in [0.29, 0.717) is 13.1 Å². The zero-order chi connectivity index (χ0) is 19.5. The molecule has 2 aliphatic heterocycles. The molecule has 0 aromatic heterocycles. The summed E-state index contributed by atoms with van der Waals surface area (Å²) in [5.74, 6) is 0.0907. The monoisotopic (exact) mass is 377 g/mol. The molecule has 0 N–H and O–H groups in total. The van der Waals surface area contributed by atoms with Crippen LogP contribution >= 0.6 is 0 Å². The lowest BCUT2D eigenvalue weighted by molar-refractivity contribution is -0.142. The van der Waals surface area contributed by atoms with Gasteiger partial charge in [0.15, 0.2) is 0 Å². The number of nitrogens with zero attached hydrogens (tertiary/aromatic N) is 3. The highest BCUT2D eigenvalue weighted by Gasteiger charge is 2.34. The van der Waals surface area contributed by atoms with E-state index < -0.39 is 0 Å². The SMILES string of the molecule is CN1CCCC[C@H]1C(=O)N1CCN(c2ccccc2-c2ccccc2)C(=O)C1. The van der Waals surface area contributed by atoms with Gasteiger partial charge < -0.3 is 9.80 Å². The lowest BCUT2D eigenvalue weighted by Crippen LogP contribution is -2.57. The number of hydrogen-bond acceptors (Lipinski definition) is 3. The molecule has 2 fully saturated rings. The summed E-state index contributed by atoms with van der Waals surface area (Å²) in [6, 6.07) is 18.0. The molecule has 4 rings (SSSR count). The first-order valence-electron chi connectivity index (χ1n) is 10.1. The van der Waals surface area contributed by atoms with Crippen LogP contribution in [0.1, 0.15) is 19.3 Å². The van der Waals surface area contributed by atoms with Crippen molar-refractivity contribution in [3.05, 3.63) is 54.6 Å². The first-order chi connectivity index (χ1) is 13.6. The minimum absolute atomic E-state index is 0.0126. The number of carbonyl (C=O) groups excluding carboxylic acids is 2. The molecule has 2 aromatic rings. The molecule has 2 saturated heterocycles. The van der Waals surface area contributed by atoms with Crippen LogP contribution in [0, 0.1) is 0 Å². The molecular formula is C23H27N3O2. The van der Waals surface area contributed by atoms with Gasteiger partial charge in [-0.15, -0.1) is 0 Å². The molecule has 0 radical (unpaired) electrons. The van der Waals surface area contributed by atoms with Crippen LogP contribution in [0.3, 0.4) is 0 Å². The minimum atomic E-state index is -0.0790. The van der Waals surface area contributed by atoms with Crippen molar-refractivity contribution in [1.29, 1.82) is 0 Å². The van der Waals surface area contributed by atoms with Gasteiger partial charge in [0.05, 0.1) is 11.7 Å². The molecule has 0 spiro atoms. The molecule has 1 atom stereocenters. The van der Waals surface area contributed by atoms with Crippen LogP contribution in [-0.4, -0.2) is 60.9 Å². The normalized spacial score (nSPS) is 21.0. The number of likely N-dealkylation sites (tertiary alicyclic amines) is 1. The Morgan fingerprint density at radius 1 is 0.929 bits per heavy atom. The van der Waals surface area contributed by atoms with Crippen LogP contribution in [0.4, 0.5) is 5.69 Å². The topological polar surface area (TPSA) is 43.9 Å². The van der Waals surface area contributed by atoms with Gasteiger partial charge in [0.2, 0.25) is 11.8 Å². The van der Waals surface area contributed by atoms with Gasteiger partial charge in [0.25, 0.3) is 0 Å². The fourth-order valence-corrected chi connectivity index (χ4v) is 4.28. The van der Waals surface area contributed by atoms with E-state index >= 15 is 0 Å². The highest BCUT2D eigenvalue weighted by molar-refractivity contribution is 6.01. The predicted molar refractivity (Wildman–Crippen MR) is 111 cm³/mol. The van der Waals surface area contributed by atoms with Crippen LogP contribution in [0.15, 0.2) is 54.6 Å². The molecule has 5 nitrogen and oxygen atoms in total. The van der Waals surface area contributed by atoms with Gasteiger partial charge in [0.1, 0.15) is 6.54 Å². The summed E-state index contributed by atoms with van der Waals surface area (Å²) in [4.78, 5) is 31.6. The van der Waals surface area contributed by atoms with E-state index in [4.69, 9.17) is 0 Å². The Kier molecular flexibility index (Phi) is 5.44. The van der Waals surface area contributed by atoms with Gasteiger partial charge in [-0.05, 0) is 38.1 Å². The number of piperazine rings is 1. The van der Waals surface area contributed by atoms with Gasteiger partial charge in [-0.3, -0.25) is 14.5 Å². The van der Waals surface area contributed by atoms with E-state index in [2.05, 4.69) is 17.0 Å². The summed E-state index contributed by atoms with van der Waals surface area (Å²) >= 11 is 0. The van der Waals surface area contributed by atoms with Crippen molar-refractivity contribution in [3.63, 3.8) is 0 Å². The maximum atomic E-state index is 13.0. The van der Waals surface area contributed by atoms with Crippen LogP contribution in [0.2, 0.25) is 0 Å². The predicted octanol–water partition coefficient (Wildman–Crippen LogP) is 3.01. The summed E-state index contributed by atoms with van der Waals surface area (Å²) in [5, 5.41) is 0. The van der Waals surface area contributed by atoms with Crippen molar-refractivity contribution in [3.8, 4) is 11.1 Å². The Balaban J connectivity index is 1.51. The van der Waals surface area contributed by atoms with Crippen molar-refractivity contribution in [2.45, 2.75) is 25.3 Å². The van der Waals surface area contributed by atoms with Crippen LogP contribution in [0.5, 0.6) is 0 Å². The number of anilines is 1. The third-order valence-electron chi connectivity index (χ3n) is 5.87. The minimum Gasteiger partial charge on any atom is -0.330 e. The summed E-state index contributed by atoms with van der Waals surface area (Å²) in [6.07, 6.45) is 3.11. The van der Waals surface area contributed by atoms with Gasteiger partial charge in [-0.2, -0.15) is 0 Å². The Bertz CT molecular complexity index is 852. The second kappa shape index (κ2) is 8.15. The lowest BCUT2D eigenvalue weighted by atomic mass is 10.0. The molecule has 2 amide bonds. The maximum absolute atomic E-state index is 13.0. The standard InChI is InChI=1S/C23H27N3O2/c1-24-14-8-7-13-21(24)23(28)25-15-16-26(22(27)17-25)20-12-6-5-11-19(20)18-9-3-2-4-10-18/h2-6,9-12,21H,7-8,13-17H2,1H3/t21-/m0/s1. The second-order valence-corrected chi connectivity index (χ2v) is 7.68. The molecule has 5 heteroatoms. The quantitative estimate of drug-likeness (QED) is 0.826. The third-order valence-corrected chi connectivity index (χ3v) is 5.87. The van der Waals surface area contributed by atoms with Crippen LogP contribution in [-0.2, 0) is 9.59 Å². The highest BCUT2D eigenvalue weighted by atomic mass is 16.2. The average molecular weight is 377 g/mol. The second-order valence-electron chi connectivity index (χ2n) is 7.68. The lowest BCUT2D eigenvalue weighted by Gasteiger charge is -2.39. The van der Waals surface area contributed by atoms with Gasteiger partial charge in [-0.1, -0.05) is 55.0 Å². The van der Waals surface area contributed by atoms with E-state index in [-0.39, 0.29) is 24.4 Å². The van der Waals surface area contributed by atoms with Gasteiger partial charge in [0, 0.05) is 18.7 Å². The Labute approximate surface area is 166 Å². The summed E-state index contributed by atoms with van der Waals surface area (Å²) in [5.41, 5.74) is 3.05. The zero-order valence-electron chi connectivity index (χ0n) is 16.4. The van der Waals surface area contributed by atoms with E-state index in [0.717, 1.165) is 42.6 Å². The Morgan fingerprint density at radius 2 is 1.68 bits per heavy atom. The van der Waals surface area contributed by atoms with Gasteiger partial charge >= 0.3 is 0 Å². The molecule has 0 bridgehead atoms. The van der Waals surface area contributed by atoms with Crippen molar-refractivity contribution in [2.24, 2.45) is 0 Å². The first-order valence-corrected chi connectivity index (χ1v) is 10.1. The number of para-hydroxylation sites is 1. The van der Waals surface area contributed by atoms with Crippen LogP contribution in [0.25, 0.3) is 11.1 Å². The molecule has 2 heterocycles. The van der Waals surface area contributed by atoms with Gasteiger partial charge in [-0.25, -0.2) is 0 Å². The van der Waals surface area contributed by atoms with E-state index in [9.17, 15) is 9.59 Å². The third kappa shape index (κ3) is 3.67. The zero-order valence-corrected chi connectivity index (χ0v) is 16.4. The molecule has 2 aromatic carbocycles. The molecule has 146 valence electrons. The van der Waals surface area contributed by atoms with Crippen molar-refractivity contribution in [1.82, 2.24) is 9.80 Å².